The molecule has 1 saturated heterocycles. The van der Waals surface area contributed by atoms with Gasteiger partial charge >= 0.3 is 0 Å². The van der Waals surface area contributed by atoms with Gasteiger partial charge in [0.2, 0.25) is 5.95 Å². The number of aryl methyl sites for hydroxylation is 1. The number of rotatable bonds is 9. The summed E-state index contributed by atoms with van der Waals surface area (Å²) in [4.78, 5) is 26.8. The summed E-state index contributed by atoms with van der Waals surface area (Å²) < 4.78 is 1.76. The summed E-state index contributed by atoms with van der Waals surface area (Å²) in [5.41, 5.74) is 6.35. The molecule has 0 spiro atoms. The van der Waals surface area contributed by atoms with E-state index in [1.165, 1.54) is 17.5 Å². The highest BCUT2D eigenvalue weighted by Gasteiger charge is 2.16. The van der Waals surface area contributed by atoms with Crippen LogP contribution in [0, 0.1) is 24.7 Å². The minimum absolute atomic E-state index is 0.152. The Labute approximate surface area is 263 Å². The van der Waals surface area contributed by atoms with Crippen molar-refractivity contribution in [3.8, 4) is 11.8 Å². The van der Waals surface area contributed by atoms with Gasteiger partial charge in [-0.1, -0.05) is 42.2 Å². The topological polar surface area (TPSA) is 75.1 Å². The van der Waals surface area contributed by atoms with Gasteiger partial charge in [-0.3, -0.25) is 9.36 Å². The molecule has 0 radical (unpaired) electrons. The molecule has 1 atom stereocenters. The second kappa shape index (κ2) is 13.6. The average Bonchev–Trinajstić information content (AvgIpc) is 3.70. The van der Waals surface area contributed by atoms with Gasteiger partial charge in [0, 0.05) is 34.3 Å². The SMILES string of the molecule is Cc1ccccc1C#Cc1cc2cnc(Nc3ccc(CC4CCNC4)cc3)nc2n(Cc2sccc2CCN(C)C)c1=O. The van der Waals surface area contributed by atoms with Crippen molar-refractivity contribution in [2.24, 2.45) is 5.92 Å². The Morgan fingerprint density at radius 2 is 1.91 bits per heavy atom. The van der Waals surface area contributed by atoms with E-state index in [0.717, 1.165) is 59.6 Å². The number of fused-ring (bicyclic) bond motifs is 1. The molecule has 224 valence electrons. The first-order valence-electron chi connectivity index (χ1n) is 15.2. The molecule has 0 bridgehead atoms. The van der Waals surface area contributed by atoms with Crippen LogP contribution in [0.4, 0.5) is 11.6 Å². The van der Waals surface area contributed by atoms with Gasteiger partial charge < -0.3 is 15.5 Å². The van der Waals surface area contributed by atoms with E-state index in [2.05, 4.69) is 82.2 Å². The van der Waals surface area contributed by atoms with Gasteiger partial charge in [-0.25, -0.2) is 4.98 Å². The molecule has 0 aliphatic carbocycles. The van der Waals surface area contributed by atoms with Gasteiger partial charge in [0.25, 0.3) is 5.56 Å². The molecule has 8 heteroatoms. The Balaban J connectivity index is 1.34. The van der Waals surface area contributed by atoms with E-state index < -0.39 is 0 Å². The molecule has 1 fully saturated rings. The Kier molecular flexibility index (Phi) is 9.17. The molecule has 0 amide bonds. The first-order chi connectivity index (χ1) is 21.4. The molecule has 7 nitrogen and oxygen atoms in total. The van der Waals surface area contributed by atoms with Crippen LogP contribution in [0.15, 0.2) is 77.0 Å². The Morgan fingerprint density at radius 3 is 2.68 bits per heavy atom. The summed E-state index contributed by atoms with van der Waals surface area (Å²) in [6.45, 7) is 5.59. The third-order valence-corrected chi connectivity index (χ3v) is 9.12. The second-order valence-electron chi connectivity index (χ2n) is 11.8. The third-order valence-electron chi connectivity index (χ3n) is 8.17. The fourth-order valence-corrected chi connectivity index (χ4v) is 6.52. The van der Waals surface area contributed by atoms with E-state index in [1.54, 1.807) is 22.1 Å². The summed E-state index contributed by atoms with van der Waals surface area (Å²) in [6, 6.07) is 20.4. The fraction of sp³-hybridized carbons (Fsp3) is 0.306. The predicted molar refractivity (Wildman–Crippen MR) is 181 cm³/mol. The zero-order valence-electron chi connectivity index (χ0n) is 25.6. The van der Waals surface area contributed by atoms with Crippen LogP contribution in [-0.4, -0.2) is 53.2 Å². The summed E-state index contributed by atoms with van der Waals surface area (Å²) >= 11 is 1.67. The van der Waals surface area contributed by atoms with Gasteiger partial charge in [0.05, 0.1) is 12.1 Å². The standard InChI is InChI=1S/C36H38N6OS/c1-25-6-4-5-7-28(25)10-11-30-21-31-23-38-36(39-32-12-8-26(9-13-32)20-27-14-17-37-22-27)40-34(31)42(35(30)43)24-33-29(16-19-44-33)15-18-41(2)3/h4-9,12-13,16,19,21,23,27,37H,14-15,17-18,20,22,24H2,1-3H3,(H,38,39,40). The summed E-state index contributed by atoms with van der Waals surface area (Å²) in [7, 11) is 4.15. The lowest BCUT2D eigenvalue weighted by molar-refractivity contribution is 0.413. The maximum Gasteiger partial charge on any atom is 0.268 e. The number of hydrogen-bond acceptors (Lipinski definition) is 7. The predicted octanol–water partition coefficient (Wildman–Crippen LogP) is 5.61. The monoisotopic (exact) mass is 602 g/mol. The molecule has 1 aliphatic rings. The summed E-state index contributed by atoms with van der Waals surface area (Å²) in [5.74, 6) is 7.53. The maximum atomic E-state index is 14.0. The Morgan fingerprint density at radius 1 is 1.09 bits per heavy atom. The van der Waals surface area contributed by atoms with Crippen LogP contribution in [-0.2, 0) is 19.4 Å². The van der Waals surface area contributed by atoms with Gasteiger partial charge in [0.15, 0.2) is 0 Å². The highest BCUT2D eigenvalue weighted by molar-refractivity contribution is 7.10. The highest BCUT2D eigenvalue weighted by Crippen LogP contribution is 2.23. The zero-order valence-corrected chi connectivity index (χ0v) is 26.4. The van der Waals surface area contributed by atoms with Crippen LogP contribution >= 0.6 is 11.3 Å². The molecule has 1 unspecified atom stereocenters. The number of thiophene rings is 1. The minimum atomic E-state index is -0.152. The third kappa shape index (κ3) is 7.08. The number of anilines is 2. The Bertz CT molecular complexity index is 1870. The lowest BCUT2D eigenvalue weighted by Crippen LogP contribution is -2.25. The second-order valence-corrected chi connectivity index (χ2v) is 12.8. The smallest absolute Gasteiger partial charge is 0.268 e. The van der Waals surface area contributed by atoms with Crippen molar-refractivity contribution in [2.75, 3.05) is 39.0 Å². The van der Waals surface area contributed by atoms with Crippen molar-refractivity contribution < 1.29 is 0 Å². The summed E-state index contributed by atoms with van der Waals surface area (Å²) in [6.07, 6.45) is 5.01. The number of benzene rings is 2. The van der Waals surface area contributed by atoms with Gasteiger partial charge in [0.1, 0.15) is 5.65 Å². The van der Waals surface area contributed by atoms with Gasteiger partial charge in [-0.05, 0) is 112 Å². The minimum Gasteiger partial charge on any atom is -0.324 e. The molecule has 0 saturated carbocycles. The van der Waals surface area contributed by atoms with E-state index in [-0.39, 0.29) is 5.56 Å². The van der Waals surface area contributed by atoms with Gasteiger partial charge in [-0.2, -0.15) is 4.98 Å². The van der Waals surface area contributed by atoms with E-state index in [9.17, 15) is 4.79 Å². The molecule has 3 aromatic heterocycles. The number of likely N-dealkylation sites (N-methyl/N-ethyl adjacent to an activating group) is 1. The van der Waals surface area contributed by atoms with Crippen molar-refractivity contribution in [2.45, 2.75) is 32.7 Å². The van der Waals surface area contributed by atoms with Crippen LogP contribution in [0.5, 0.6) is 0 Å². The van der Waals surface area contributed by atoms with Crippen molar-refractivity contribution in [1.82, 2.24) is 24.8 Å². The number of pyridine rings is 1. The maximum absolute atomic E-state index is 14.0. The number of aromatic nitrogens is 3. The quantitative estimate of drug-likeness (QED) is 0.214. The number of nitrogens with one attached hydrogen (secondary N) is 2. The van der Waals surface area contributed by atoms with Crippen molar-refractivity contribution in [1.29, 1.82) is 0 Å². The molecule has 1 aliphatic heterocycles. The van der Waals surface area contributed by atoms with Crippen LogP contribution in [0.25, 0.3) is 11.0 Å². The van der Waals surface area contributed by atoms with E-state index in [0.29, 0.717) is 29.6 Å². The normalized spacial score (nSPS) is 14.6. The molecule has 5 aromatic rings. The molecular formula is C36H38N6OS. The molecule has 4 heterocycles. The van der Waals surface area contributed by atoms with Crippen molar-refractivity contribution in [3.05, 3.63) is 115 Å². The van der Waals surface area contributed by atoms with Crippen molar-refractivity contribution in [3.63, 3.8) is 0 Å². The van der Waals surface area contributed by atoms with Crippen molar-refractivity contribution >= 4 is 34.0 Å². The largest absolute Gasteiger partial charge is 0.324 e. The molecule has 6 rings (SSSR count). The zero-order chi connectivity index (χ0) is 30.5. The van der Waals surface area contributed by atoms with E-state index in [4.69, 9.17) is 4.98 Å². The highest BCUT2D eigenvalue weighted by atomic mass is 32.1. The fourth-order valence-electron chi connectivity index (χ4n) is 5.59. The Hall–Kier alpha value is -4.29. The van der Waals surface area contributed by atoms with E-state index in [1.807, 2.05) is 37.3 Å². The van der Waals surface area contributed by atoms with Crippen LogP contribution in [0.1, 0.15) is 39.1 Å². The lowest BCUT2D eigenvalue weighted by Gasteiger charge is -2.14. The van der Waals surface area contributed by atoms with Crippen LogP contribution in [0.3, 0.4) is 0 Å². The molecule has 2 aromatic carbocycles. The average molecular weight is 603 g/mol. The summed E-state index contributed by atoms with van der Waals surface area (Å²) in [5, 5.41) is 9.67. The van der Waals surface area contributed by atoms with Gasteiger partial charge in [-0.15, -0.1) is 11.3 Å². The van der Waals surface area contributed by atoms with E-state index >= 15 is 0 Å². The van der Waals surface area contributed by atoms with Crippen LogP contribution in [0.2, 0.25) is 0 Å². The first kappa shape index (κ1) is 29.8. The lowest BCUT2D eigenvalue weighted by atomic mass is 9.99. The molecule has 44 heavy (non-hydrogen) atoms. The number of nitrogens with zero attached hydrogens (tertiary/aromatic N) is 4. The molecule has 2 N–H and O–H groups in total. The van der Waals surface area contributed by atoms with Crippen LogP contribution < -0.4 is 16.2 Å². The number of hydrogen-bond donors (Lipinski definition) is 2. The first-order valence-corrected chi connectivity index (χ1v) is 16.1. The molecular weight excluding hydrogens is 565 g/mol.